The van der Waals surface area contributed by atoms with Crippen LogP contribution >= 0.6 is 0 Å². The van der Waals surface area contributed by atoms with E-state index in [0.29, 0.717) is 43.7 Å². The minimum atomic E-state index is -0.0653. The van der Waals surface area contributed by atoms with Crippen molar-refractivity contribution in [3.63, 3.8) is 0 Å². The summed E-state index contributed by atoms with van der Waals surface area (Å²) in [6, 6.07) is 2.19. The van der Waals surface area contributed by atoms with Crippen LogP contribution in [0.5, 0.6) is 5.88 Å². The number of fused-ring (bicyclic) bond motifs is 1. The summed E-state index contributed by atoms with van der Waals surface area (Å²) in [5.74, 6) is 0.455. The number of amides is 2. The van der Waals surface area contributed by atoms with E-state index >= 15 is 0 Å². The summed E-state index contributed by atoms with van der Waals surface area (Å²) in [5, 5.41) is 6.18. The quantitative estimate of drug-likeness (QED) is 0.755. The maximum Gasteiger partial charge on any atom is 0.256 e. The summed E-state index contributed by atoms with van der Waals surface area (Å²) in [6.45, 7) is 2.83. The van der Waals surface area contributed by atoms with Crippen molar-refractivity contribution >= 4 is 11.8 Å². The predicted octanol–water partition coefficient (Wildman–Crippen LogP) is 0.983. The van der Waals surface area contributed by atoms with Crippen LogP contribution in [0.1, 0.15) is 53.7 Å². The molecule has 1 aromatic heterocycles. The first-order valence-corrected chi connectivity index (χ1v) is 10.1. The Morgan fingerprint density at radius 3 is 2.96 bits per heavy atom. The molecule has 4 rings (SSSR count). The number of pyridine rings is 1. The molecular weight excluding hydrogens is 360 g/mol. The standard InChI is InChI=1S/C20H28N4O4/c1-27-19-13(10-22-18(25)9-14-12-28-7-6-21-14)8-16-17(23-19)11-24(20(16)26)15-4-2-3-5-15/h8,14-15,21H,2-7,9-12H2,1H3,(H,22,25). The van der Waals surface area contributed by atoms with Gasteiger partial charge in [0.1, 0.15) is 0 Å². The van der Waals surface area contributed by atoms with Crippen LogP contribution in [-0.2, 0) is 22.6 Å². The van der Waals surface area contributed by atoms with E-state index in [2.05, 4.69) is 15.6 Å². The van der Waals surface area contributed by atoms with Gasteiger partial charge in [0.15, 0.2) is 0 Å². The molecule has 2 aliphatic heterocycles. The van der Waals surface area contributed by atoms with E-state index in [1.54, 1.807) is 7.11 Å². The van der Waals surface area contributed by atoms with Crippen molar-refractivity contribution in [1.82, 2.24) is 20.5 Å². The molecule has 1 aliphatic carbocycles. The zero-order chi connectivity index (χ0) is 19.5. The number of nitrogens with zero attached hydrogens (tertiary/aromatic N) is 2. The van der Waals surface area contributed by atoms with E-state index < -0.39 is 0 Å². The van der Waals surface area contributed by atoms with Gasteiger partial charge in [-0.25, -0.2) is 4.98 Å². The van der Waals surface area contributed by atoms with Crippen molar-refractivity contribution in [3.05, 3.63) is 22.9 Å². The molecule has 0 bridgehead atoms. The first-order valence-electron chi connectivity index (χ1n) is 10.1. The molecule has 2 fully saturated rings. The maximum absolute atomic E-state index is 12.9. The van der Waals surface area contributed by atoms with Gasteiger partial charge in [0.05, 0.1) is 38.1 Å². The highest BCUT2D eigenvalue weighted by molar-refractivity contribution is 5.98. The molecule has 8 nitrogen and oxygen atoms in total. The number of ether oxygens (including phenoxy) is 2. The smallest absolute Gasteiger partial charge is 0.256 e. The number of carbonyl (C=O) groups is 2. The first-order chi connectivity index (χ1) is 13.7. The SMILES string of the molecule is COc1nc2c(cc1CNC(=O)CC1COCCN1)C(=O)N(C1CCCC1)C2. The van der Waals surface area contributed by atoms with Crippen LogP contribution in [0.25, 0.3) is 0 Å². The highest BCUT2D eigenvalue weighted by Crippen LogP contribution is 2.33. The molecule has 28 heavy (non-hydrogen) atoms. The highest BCUT2D eigenvalue weighted by atomic mass is 16.5. The molecule has 1 unspecified atom stereocenters. The number of morpholine rings is 1. The molecule has 152 valence electrons. The summed E-state index contributed by atoms with van der Waals surface area (Å²) in [7, 11) is 1.56. The lowest BCUT2D eigenvalue weighted by Gasteiger charge is -2.23. The molecule has 3 aliphatic rings. The molecule has 1 aromatic rings. The molecule has 3 heterocycles. The van der Waals surface area contributed by atoms with Crippen LogP contribution in [0.2, 0.25) is 0 Å². The second-order valence-corrected chi connectivity index (χ2v) is 7.73. The molecule has 0 radical (unpaired) electrons. The molecule has 2 N–H and O–H groups in total. The third-order valence-corrected chi connectivity index (χ3v) is 5.82. The molecule has 1 atom stereocenters. The van der Waals surface area contributed by atoms with Gasteiger partial charge in [0, 0.05) is 37.2 Å². The lowest BCUT2D eigenvalue weighted by Crippen LogP contribution is -2.44. The Kier molecular flexibility index (Phi) is 5.77. The van der Waals surface area contributed by atoms with Gasteiger partial charge in [-0.05, 0) is 18.9 Å². The van der Waals surface area contributed by atoms with Gasteiger partial charge < -0.3 is 25.0 Å². The van der Waals surface area contributed by atoms with Crippen molar-refractivity contribution in [2.45, 2.75) is 57.3 Å². The third kappa shape index (κ3) is 3.98. The van der Waals surface area contributed by atoms with Gasteiger partial charge in [-0.2, -0.15) is 0 Å². The fourth-order valence-electron chi connectivity index (χ4n) is 4.32. The summed E-state index contributed by atoms with van der Waals surface area (Å²) < 4.78 is 10.8. The number of hydrogen-bond acceptors (Lipinski definition) is 6. The van der Waals surface area contributed by atoms with Gasteiger partial charge in [-0.3, -0.25) is 9.59 Å². The Balaban J connectivity index is 1.42. The molecule has 8 heteroatoms. The average Bonchev–Trinajstić information content (AvgIpc) is 3.34. The number of rotatable bonds is 6. The summed E-state index contributed by atoms with van der Waals surface area (Å²) in [5.41, 5.74) is 2.13. The number of methoxy groups -OCH3 is 1. The Hall–Kier alpha value is -2.19. The number of aromatic nitrogens is 1. The molecular formula is C20H28N4O4. The topological polar surface area (TPSA) is 92.8 Å². The van der Waals surface area contributed by atoms with Gasteiger partial charge in [-0.15, -0.1) is 0 Å². The number of nitrogens with one attached hydrogen (secondary N) is 2. The van der Waals surface area contributed by atoms with Gasteiger partial charge >= 0.3 is 0 Å². The zero-order valence-corrected chi connectivity index (χ0v) is 16.3. The minimum absolute atomic E-state index is 0.0374. The van der Waals surface area contributed by atoms with Crippen LogP contribution in [0.4, 0.5) is 0 Å². The van der Waals surface area contributed by atoms with E-state index in [1.807, 2.05) is 11.0 Å². The zero-order valence-electron chi connectivity index (χ0n) is 16.3. The normalized spacial score (nSPS) is 22.4. The Labute approximate surface area is 165 Å². The van der Waals surface area contributed by atoms with E-state index in [-0.39, 0.29) is 24.4 Å². The third-order valence-electron chi connectivity index (χ3n) is 5.82. The molecule has 2 amide bonds. The van der Waals surface area contributed by atoms with Crippen LogP contribution < -0.4 is 15.4 Å². The van der Waals surface area contributed by atoms with Gasteiger partial charge in [0.2, 0.25) is 11.8 Å². The first kappa shape index (κ1) is 19.1. The van der Waals surface area contributed by atoms with Crippen LogP contribution in [0.15, 0.2) is 6.07 Å². The van der Waals surface area contributed by atoms with Gasteiger partial charge in [0.25, 0.3) is 5.91 Å². The largest absolute Gasteiger partial charge is 0.481 e. The summed E-state index contributed by atoms with van der Waals surface area (Å²) in [6.07, 6.45) is 4.85. The minimum Gasteiger partial charge on any atom is -0.481 e. The molecule has 0 spiro atoms. The lowest BCUT2D eigenvalue weighted by molar-refractivity contribution is -0.122. The Morgan fingerprint density at radius 2 is 2.25 bits per heavy atom. The molecule has 1 saturated carbocycles. The van der Waals surface area contributed by atoms with E-state index in [9.17, 15) is 9.59 Å². The predicted molar refractivity (Wildman–Crippen MR) is 102 cm³/mol. The van der Waals surface area contributed by atoms with Crippen molar-refractivity contribution in [3.8, 4) is 5.88 Å². The lowest BCUT2D eigenvalue weighted by atomic mass is 10.1. The van der Waals surface area contributed by atoms with Gasteiger partial charge in [-0.1, -0.05) is 12.8 Å². The summed E-state index contributed by atoms with van der Waals surface area (Å²) >= 11 is 0. The summed E-state index contributed by atoms with van der Waals surface area (Å²) in [4.78, 5) is 31.7. The van der Waals surface area contributed by atoms with E-state index in [4.69, 9.17) is 9.47 Å². The molecule has 0 aromatic carbocycles. The fraction of sp³-hybridized carbons (Fsp3) is 0.650. The van der Waals surface area contributed by atoms with Crippen LogP contribution in [0, 0.1) is 0 Å². The number of carbonyl (C=O) groups excluding carboxylic acids is 2. The molecule has 1 saturated heterocycles. The average molecular weight is 388 g/mol. The van der Waals surface area contributed by atoms with Crippen molar-refractivity contribution in [2.24, 2.45) is 0 Å². The second-order valence-electron chi connectivity index (χ2n) is 7.73. The van der Waals surface area contributed by atoms with Crippen LogP contribution in [0.3, 0.4) is 0 Å². The Bertz CT molecular complexity index is 742. The van der Waals surface area contributed by atoms with Crippen LogP contribution in [-0.4, -0.2) is 60.7 Å². The number of hydrogen-bond donors (Lipinski definition) is 2. The van der Waals surface area contributed by atoms with Crippen molar-refractivity contribution in [2.75, 3.05) is 26.9 Å². The van der Waals surface area contributed by atoms with E-state index in [1.165, 1.54) is 12.8 Å². The highest BCUT2D eigenvalue weighted by Gasteiger charge is 2.36. The Morgan fingerprint density at radius 1 is 1.43 bits per heavy atom. The monoisotopic (exact) mass is 388 g/mol. The van der Waals surface area contributed by atoms with Crippen molar-refractivity contribution < 1.29 is 19.1 Å². The second kappa shape index (κ2) is 8.45. The fourth-order valence-corrected chi connectivity index (χ4v) is 4.32. The maximum atomic E-state index is 12.9. The van der Waals surface area contributed by atoms with Crippen molar-refractivity contribution in [1.29, 1.82) is 0 Å². The van der Waals surface area contributed by atoms with E-state index in [0.717, 1.165) is 30.6 Å².